The van der Waals surface area contributed by atoms with E-state index in [0.717, 1.165) is 0 Å². The van der Waals surface area contributed by atoms with Gasteiger partial charge in [0.15, 0.2) is 5.92 Å². The Labute approximate surface area is 206 Å². The molecule has 2 N–H and O–H groups in total. The van der Waals surface area contributed by atoms with Gasteiger partial charge in [0.1, 0.15) is 6.04 Å². The molecule has 3 saturated heterocycles. The summed E-state index contributed by atoms with van der Waals surface area (Å²) < 4.78 is 108. The smallest absolute Gasteiger partial charge is 0.402 e. The standard InChI is InChI=1S/C22H24ClF8N3O2/c23-14-3-1-2-11(17(14)34-6-4-20(24,25)5-7-34)8-33-9-12-13(10-33)16(19(35)36)32-15(12)18(21(26,27)28)22(29,30)31/h1-3,12-13,15-16,18,32H,4-10H2,(H,35,36). The van der Waals surface area contributed by atoms with Gasteiger partial charge in [0, 0.05) is 57.5 Å². The van der Waals surface area contributed by atoms with Crippen molar-refractivity contribution in [3.8, 4) is 0 Å². The van der Waals surface area contributed by atoms with E-state index in [-0.39, 0.29) is 50.6 Å². The lowest BCUT2D eigenvalue weighted by molar-refractivity contribution is -0.293. The number of benzene rings is 1. The van der Waals surface area contributed by atoms with Gasteiger partial charge in [0.2, 0.25) is 0 Å². The van der Waals surface area contributed by atoms with Crippen molar-refractivity contribution in [2.75, 3.05) is 31.1 Å². The topological polar surface area (TPSA) is 55.8 Å². The fourth-order valence-corrected chi connectivity index (χ4v) is 6.10. The van der Waals surface area contributed by atoms with E-state index in [4.69, 9.17) is 11.6 Å². The minimum absolute atomic E-state index is 0.0287. The fourth-order valence-electron chi connectivity index (χ4n) is 5.79. The summed E-state index contributed by atoms with van der Waals surface area (Å²) in [4.78, 5) is 15.0. The van der Waals surface area contributed by atoms with Crippen LogP contribution in [0, 0.1) is 17.8 Å². The van der Waals surface area contributed by atoms with Crippen LogP contribution in [0.25, 0.3) is 0 Å². The molecule has 3 aliphatic heterocycles. The van der Waals surface area contributed by atoms with E-state index in [0.29, 0.717) is 11.3 Å². The van der Waals surface area contributed by atoms with Gasteiger partial charge in [-0.25, -0.2) is 8.78 Å². The predicted octanol–water partition coefficient (Wildman–Crippen LogP) is 4.79. The van der Waals surface area contributed by atoms with Crippen LogP contribution in [0.4, 0.5) is 40.8 Å². The van der Waals surface area contributed by atoms with Crippen molar-refractivity contribution in [3.05, 3.63) is 28.8 Å². The predicted molar refractivity (Wildman–Crippen MR) is 114 cm³/mol. The summed E-state index contributed by atoms with van der Waals surface area (Å²) in [5.74, 6) is -10.2. The highest BCUT2D eigenvalue weighted by atomic mass is 35.5. The first-order valence-corrected chi connectivity index (χ1v) is 11.7. The maximum atomic E-state index is 13.6. The van der Waals surface area contributed by atoms with Crippen LogP contribution in [0.15, 0.2) is 18.2 Å². The number of nitrogens with one attached hydrogen (secondary N) is 1. The molecule has 0 aliphatic carbocycles. The van der Waals surface area contributed by atoms with E-state index in [9.17, 15) is 45.0 Å². The molecular weight excluding hydrogens is 526 g/mol. The van der Waals surface area contributed by atoms with Gasteiger partial charge < -0.3 is 15.3 Å². The third-order valence-corrected chi connectivity index (χ3v) is 7.66. The van der Waals surface area contributed by atoms with E-state index in [2.05, 4.69) is 5.32 Å². The lowest BCUT2D eigenvalue weighted by Crippen LogP contribution is -2.53. The molecule has 3 fully saturated rings. The summed E-state index contributed by atoms with van der Waals surface area (Å²) in [6.45, 7) is -0.115. The van der Waals surface area contributed by atoms with Crippen molar-refractivity contribution in [2.45, 2.75) is 49.7 Å². The number of halogens is 9. The Bertz CT molecular complexity index is 965. The van der Waals surface area contributed by atoms with Crippen molar-refractivity contribution in [1.82, 2.24) is 10.2 Å². The van der Waals surface area contributed by atoms with Crippen LogP contribution in [0.3, 0.4) is 0 Å². The highest BCUT2D eigenvalue weighted by molar-refractivity contribution is 6.33. The molecule has 1 aromatic carbocycles. The number of aliphatic carboxylic acids is 1. The lowest BCUT2D eigenvalue weighted by Gasteiger charge is -2.36. The Balaban J connectivity index is 1.58. The molecule has 3 aliphatic rings. The van der Waals surface area contributed by atoms with Gasteiger partial charge >= 0.3 is 18.3 Å². The van der Waals surface area contributed by atoms with Crippen LogP contribution in [0.1, 0.15) is 18.4 Å². The molecule has 0 amide bonds. The summed E-state index contributed by atoms with van der Waals surface area (Å²) in [7, 11) is 0. The Hall–Kier alpha value is -1.86. The highest BCUT2D eigenvalue weighted by Crippen LogP contribution is 2.49. The maximum Gasteiger partial charge on any atom is 0.402 e. The number of rotatable bonds is 5. The Morgan fingerprint density at radius 3 is 2.22 bits per heavy atom. The molecule has 0 radical (unpaired) electrons. The summed E-state index contributed by atoms with van der Waals surface area (Å²) >= 11 is 6.36. The molecule has 3 heterocycles. The van der Waals surface area contributed by atoms with Gasteiger partial charge in [-0.15, -0.1) is 0 Å². The zero-order valence-electron chi connectivity index (χ0n) is 18.7. The molecule has 4 rings (SSSR count). The number of alkyl halides is 8. The third kappa shape index (κ3) is 5.38. The maximum absolute atomic E-state index is 13.6. The molecule has 36 heavy (non-hydrogen) atoms. The molecule has 0 saturated carbocycles. The number of likely N-dealkylation sites (tertiary alicyclic amines) is 1. The van der Waals surface area contributed by atoms with Crippen LogP contribution < -0.4 is 10.2 Å². The van der Waals surface area contributed by atoms with Gasteiger partial charge in [-0.1, -0.05) is 23.7 Å². The first-order valence-electron chi connectivity index (χ1n) is 11.3. The van der Waals surface area contributed by atoms with E-state index >= 15 is 0 Å². The number of anilines is 1. The van der Waals surface area contributed by atoms with Crippen LogP contribution in [-0.4, -0.2) is 72.5 Å². The SMILES string of the molecule is O=C(O)C1NC(C(C(F)(F)F)C(F)(F)F)C2CN(Cc3cccc(Cl)c3N3CCC(F)(F)CC3)CC12. The van der Waals surface area contributed by atoms with Crippen LogP contribution in [0.2, 0.25) is 5.02 Å². The lowest BCUT2D eigenvalue weighted by atomic mass is 9.84. The van der Waals surface area contributed by atoms with Crippen molar-refractivity contribution in [1.29, 1.82) is 0 Å². The number of para-hydroxylation sites is 1. The number of carboxylic acid groups (broad SMARTS) is 1. The summed E-state index contributed by atoms with van der Waals surface area (Å²) in [5, 5.41) is 11.9. The van der Waals surface area contributed by atoms with Gasteiger partial charge in [0.25, 0.3) is 5.92 Å². The van der Waals surface area contributed by atoms with Crippen molar-refractivity contribution in [3.63, 3.8) is 0 Å². The summed E-state index contributed by atoms with van der Waals surface area (Å²) in [6, 6.07) is 1.14. The van der Waals surface area contributed by atoms with Crippen LogP contribution >= 0.6 is 11.6 Å². The second-order valence-electron chi connectivity index (χ2n) is 9.68. The van der Waals surface area contributed by atoms with E-state index in [1.807, 2.05) is 0 Å². The quantitative estimate of drug-likeness (QED) is 0.518. The molecule has 1 aromatic rings. The molecule has 4 atom stereocenters. The summed E-state index contributed by atoms with van der Waals surface area (Å²) in [6.07, 6.45) is -12.0. The minimum atomic E-state index is -5.61. The Morgan fingerprint density at radius 2 is 1.67 bits per heavy atom. The molecular formula is C22H24ClF8N3O2. The number of carboxylic acids is 1. The Kier molecular flexibility index (Phi) is 7.15. The number of fused-ring (bicyclic) bond motifs is 1. The normalized spacial score (nSPS) is 29.1. The molecule has 0 spiro atoms. The number of hydrogen-bond acceptors (Lipinski definition) is 4. The molecule has 4 unspecified atom stereocenters. The van der Waals surface area contributed by atoms with Gasteiger partial charge in [-0.3, -0.25) is 9.69 Å². The van der Waals surface area contributed by atoms with Gasteiger partial charge in [-0.05, 0) is 17.5 Å². The van der Waals surface area contributed by atoms with Crippen molar-refractivity contribution in [2.24, 2.45) is 17.8 Å². The van der Waals surface area contributed by atoms with Gasteiger partial charge in [-0.2, -0.15) is 26.3 Å². The first-order chi connectivity index (χ1) is 16.6. The zero-order valence-corrected chi connectivity index (χ0v) is 19.5. The number of nitrogens with zero attached hydrogens (tertiary/aromatic N) is 2. The summed E-state index contributed by atoms with van der Waals surface area (Å²) in [5.41, 5.74) is 1.06. The van der Waals surface area contributed by atoms with E-state index in [1.165, 1.54) is 0 Å². The van der Waals surface area contributed by atoms with E-state index in [1.54, 1.807) is 28.0 Å². The number of piperidine rings is 1. The first kappa shape index (κ1) is 27.2. The zero-order chi connectivity index (χ0) is 26.6. The second-order valence-corrected chi connectivity index (χ2v) is 10.1. The largest absolute Gasteiger partial charge is 0.480 e. The third-order valence-electron chi connectivity index (χ3n) is 7.36. The number of hydrogen-bond donors (Lipinski definition) is 2. The second kappa shape index (κ2) is 9.46. The molecule has 0 aromatic heterocycles. The van der Waals surface area contributed by atoms with Crippen LogP contribution in [-0.2, 0) is 11.3 Å². The fraction of sp³-hybridized carbons (Fsp3) is 0.682. The number of carbonyl (C=O) groups is 1. The van der Waals surface area contributed by atoms with Crippen molar-refractivity contribution >= 4 is 23.3 Å². The molecule has 14 heteroatoms. The molecule has 5 nitrogen and oxygen atoms in total. The van der Waals surface area contributed by atoms with E-state index < -0.39 is 54.1 Å². The monoisotopic (exact) mass is 549 g/mol. The van der Waals surface area contributed by atoms with Gasteiger partial charge in [0.05, 0.1) is 10.7 Å². The Morgan fingerprint density at radius 1 is 1.08 bits per heavy atom. The average molecular weight is 550 g/mol. The van der Waals surface area contributed by atoms with Crippen molar-refractivity contribution < 1.29 is 45.0 Å². The van der Waals surface area contributed by atoms with Crippen LogP contribution in [0.5, 0.6) is 0 Å². The minimum Gasteiger partial charge on any atom is -0.480 e. The highest BCUT2D eigenvalue weighted by Gasteiger charge is 2.66. The molecule has 0 bridgehead atoms. The molecule has 202 valence electrons. The average Bonchev–Trinajstić information content (AvgIpc) is 3.26.